The summed E-state index contributed by atoms with van der Waals surface area (Å²) in [6.45, 7) is 7.46. The molecule has 4 atom stereocenters. The van der Waals surface area contributed by atoms with Gasteiger partial charge in [0.2, 0.25) is 0 Å². The van der Waals surface area contributed by atoms with Gasteiger partial charge in [0.25, 0.3) is 0 Å². The highest BCUT2D eigenvalue weighted by molar-refractivity contribution is 7.84. The van der Waals surface area contributed by atoms with Crippen molar-refractivity contribution in [1.82, 2.24) is 4.72 Å². The van der Waals surface area contributed by atoms with E-state index in [2.05, 4.69) is 11.3 Å². The molecule has 2 saturated carbocycles. The number of fused-ring (bicyclic) bond motifs is 2. The van der Waals surface area contributed by atoms with Gasteiger partial charge in [0, 0.05) is 12.6 Å². The molecule has 21 heavy (non-hydrogen) atoms. The van der Waals surface area contributed by atoms with E-state index in [1.807, 2.05) is 13.8 Å². The number of esters is 1. The molecule has 2 rings (SSSR count). The van der Waals surface area contributed by atoms with Gasteiger partial charge < -0.3 is 4.74 Å². The van der Waals surface area contributed by atoms with E-state index in [1.54, 1.807) is 0 Å². The third kappa shape index (κ3) is 3.46. The molecule has 0 aromatic heterocycles. The van der Waals surface area contributed by atoms with Gasteiger partial charge in [-0.3, -0.25) is 4.18 Å². The first-order chi connectivity index (χ1) is 9.75. The van der Waals surface area contributed by atoms with Gasteiger partial charge in [-0.15, -0.1) is 0 Å². The molecule has 0 aliphatic heterocycles. The molecule has 2 bridgehead atoms. The third-order valence-corrected chi connectivity index (χ3v) is 5.43. The maximum Gasteiger partial charge on any atom is 0.335 e. The quantitative estimate of drug-likeness (QED) is 0.591. The summed E-state index contributed by atoms with van der Waals surface area (Å²) in [6, 6.07) is 0. The molecule has 0 spiro atoms. The van der Waals surface area contributed by atoms with Crippen molar-refractivity contribution in [1.29, 1.82) is 0 Å². The van der Waals surface area contributed by atoms with Crippen molar-refractivity contribution in [3.63, 3.8) is 0 Å². The molecule has 1 N–H and O–H groups in total. The van der Waals surface area contributed by atoms with Crippen molar-refractivity contribution in [2.45, 2.75) is 45.3 Å². The van der Waals surface area contributed by atoms with Gasteiger partial charge in [0.05, 0.1) is 0 Å². The van der Waals surface area contributed by atoms with Gasteiger partial charge in [-0.2, -0.15) is 13.1 Å². The van der Waals surface area contributed by atoms with Crippen molar-refractivity contribution in [2.75, 3.05) is 7.05 Å². The molecular weight excluding hydrogens is 294 g/mol. The fourth-order valence-electron chi connectivity index (χ4n) is 3.11. The predicted octanol–water partition coefficient (Wildman–Crippen LogP) is 1.39. The highest BCUT2D eigenvalue weighted by Crippen LogP contribution is 2.48. The number of hydrogen-bond acceptors (Lipinski definition) is 5. The summed E-state index contributed by atoms with van der Waals surface area (Å²) in [5.41, 5.74) is 0.396. The largest absolute Gasteiger partial charge is 0.456 e. The van der Waals surface area contributed by atoms with Crippen LogP contribution in [-0.2, 0) is 24.0 Å². The average molecular weight is 317 g/mol. The minimum absolute atomic E-state index is 0.00324. The zero-order valence-corrected chi connectivity index (χ0v) is 13.5. The maximum absolute atomic E-state index is 12.1. The Morgan fingerprint density at radius 1 is 1.24 bits per heavy atom. The molecule has 2 aliphatic carbocycles. The Labute approximate surface area is 126 Å². The lowest BCUT2D eigenvalue weighted by Crippen LogP contribution is -2.42. The normalized spacial score (nSPS) is 31.6. The van der Waals surface area contributed by atoms with Crippen molar-refractivity contribution in [3.05, 3.63) is 12.2 Å². The van der Waals surface area contributed by atoms with Gasteiger partial charge >= 0.3 is 16.3 Å². The molecule has 2 fully saturated rings. The Bertz CT molecular complexity index is 527. The van der Waals surface area contributed by atoms with Gasteiger partial charge in [-0.1, -0.05) is 20.4 Å². The number of carbonyl (C=O) groups is 1. The van der Waals surface area contributed by atoms with Crippen LogP contribution in [0.1, 0.15) is 33.1 Å². The number of nitrogens with one attached hydrogen (secondary N) is 1. The monoisotopic (exact) mass is 317 g/mol. The Hall–Kier alpha value is -0.920. The van der Waals surface area contributed by atoms with Crippen LogP contribution in [0.5, 0.6) is 0 Å². The first-order valence-corrected chi connectivity index (χ1v) is 8.67. The van der Waals surface area contributed by atoms with E-state index in [4.69, 9.17) is 8.92 Å². The molecule has 0 aromatic carbocycles. The Morgan fingerprint density at radius 2 is 1.81 bits per heavy atom. The van der Waals surface area contributed by atoms with Gasteiger partial charge in [0.1, 0.15) is 12.2 Å². The minimum atomic E-state index is -3.79. The smallest absolute Gasteiger partial charge is 0.335 e. The summed E-state index contributed by atoms with van der Waals surface area (Å²) in [5, 5.41) is 0. The maximum atomic E-state index is 12.1. The zero-order valence-electron chi connectivity index (χ0n) is 12.7. The van der Waals surface area contributed by atoms with Crippen molar-refractivity contribution < 1.29 is 22.1 Å². The Morgan fingerprint density at radius 3 is 2.33 bits per heavy atom. The van der Waals surface area contributed by atoms with Gasteiger partial charge in [-0.05, 0) is 37.0 Å². The fraction of sp³-hybridized carbons (Fsp3) is 0.786. The van der Waals surface area contributed by atoms with Crippen LogP contribution < -0.4 is 4.72 Å². The van der Waals surface area contributed by atoms with Crippen molar-refractivity contribution in [3.8, 4) is 0 Å². The molecule has 4 unspecified atom stereocenters. The lowest BCUT2D eigenvalue weighted by Gasteiger charge is -2.30. The predicted molar refractivity (Wildman–Crippen MR) is 77.5 cm³/mol. The van der Waals surface area contributed by atoms with E-state index in [1.165, 1.54) is 7.05 Å². The van der Waals surface area contributed by atoms with Crippen LogP contribution in [0.15, 0.2) is 12.2 Å². The summed E-state index contributed by atoms with van der Waals surface area (Å²) in [6.07, 6.45) is 1.60. The van der Waals surface area contributed by atoms with Gasteiger partial charge in [0.15, 0.2) is 0 Å². The first-order valence-electron chi connectivity index (χ1n) is 7.26. The van der Waals surface area contributed by atoms with Crippen LogP contribution in [-0.4, -0.2) is 33.6 Å². The summed E-state index contributed by atoms with van der Waals surface area (Å²) in [5.74, 6) is -0.159. The topological polar surface area (TPSA) is 81.7 Å². The second kappa shape index (κ2) is 6.06. The SMILES string of the molecule is C=C(C(=O)OC1C2CCC(C2)C1OS(=O)(=O)NC)C(C)C. The Kier molecular flexibility index (Phi) is 4.75. The summed E-state index contributed by atoms with van der Waals surface area (Å²) in [4.78, 5) is 12.1. The lowest BCUT2D eigenvalue weighted by atomic mass is 9.94. The molecule has 2 aliphatic rings. The number of rotatable bonds is 6. The van der Waals surface area contributed by atoms with Crippen molar-refractivity contribution >= 4 is 16.3 Å². The van der Waals surface area contributed by atoms with E-state index in [9.17, 15) is 13.2 Å². The van der Waals surface area contributed by atoms with Crippen LogP contribution in [0.4, 0.5) is 0 Å². The summed E-state index contributed by atoms with van der Waals surface area (Å²) < 4.78 is 36.1. The van der Waals surface area contributed by atoms with E-state index in [0.29, 0.717) is 5.57 Å². The number of ether oxygens (including phenoxy) is 1. The Balaban J connectivity index is 2.09. The molecule has 7 heteroatoms. The minimum Gasteiger partial charge on any atom is -0.456 e. The van der Waals surface area contributed by atoms with Crippen LogP contribution in [0, 0.1) is 17.8 Å². The molecule has 6 nitrogen and oxygen atoms in total. The van der Waals surface area contributed by atoms with Crippen LogP contribution in [0.25, 0.3) is 0 Å². The third-order valence-electron chi connectivity index (χ3n) is 4.46. The fourth-order valence-corrected chi connectivity index (χ4v) is 3.77. The molecule has 0 amide bonds. The van der Waals surface area contributed by atoms with Crippen LogP contribution in [0.2, 0.25) is 0 Å². The summed E-state index contributed by atoms with van der Waals surface area (Å²) in [7, 11) is -2.50. The molecular formula is C14H23NO5S. The van der Waals surface area contributed by atoms with E-state index >= 15 is 0 Å². The van der Waals surface area contributed by atoms with Gasteiger partial charge in [-0.25, -0.2) is 4.79 Å². The van der Waals surface area contributed by atoms with Crippen LogP contribution >= 0.6 is 0 Å². The summed E-state index contributed by atoms with van der Waals surface area (Å²) >= 11 is 0. The standard InChI is InChI=1S/C14H23NO5S/c1-8(2)9(3)14(16)19-12-10-5-6-11(7-10)13(12)20-21(17,18)15-4/h8,10-13,15H,3,5-7H2,1-2,4H3. The second-order valence-corrected chi connectivity index (χ2v) is 7.61. The highest BCUT2D eigenvalue weighted by Gasteiger charge is 2.52. The molecule has 120 valence electrons. The second-order valence-electron chi connectivity index (χ2n) is 6.10. The van der Waals surface area contributed by atoms with E-state index in [-0.39, 0.29) is 17.8 Å². The van der Waals surface area contributed by atoms with Crippen molar-refractivity contribution in [2.24, 2.45) is 17.8 Å². The zero-order chi connectivity index (χ0) is 15.8. The molecule has 0 saturated heterocycles. The van der Waals surface area contributed by atoms with Crippen LogP contribution in [0.3, 0.4) is 0 Å². The lowest BCUT2D eigenvalue weighted by molar-refractivity contribution is -0.152. The van der Waals surface area contributed by atoms with E-state index < -0.39 is 28.5 Å². The molecule has 0 radical (unpaired) electrons. The number of hydrogen-bond donors (Lipinski definition) is 1. The number of carbonyl (C=O) groups excluding carboxylic acids is 1. The molecule has 0 aromatic rings. The highest BCUT2D eigenvalue weighted by atomic mass is 32.2. The first kappa shape index (κ1) is 16.5. The average Bonchev–Trinajstić information content (AvgIpc) is 3.00. The van der Waals surface area contributed by atoms with E-state index in [0.717, 1.165) is 19.3 Å². The molecule has 0 heterocycles.